The number of nitrogens with one attached hydrogen (secondary N) is 2. The van der Waals surface area contributed by atoms with Gasteiger partial charge in [-0.05, 0) is 12.5 Å². The lowest BCUT2D eigenvalue weighted by atomic mass is 10.2. The Morgan fingerprint density at radius 3 is 2.69 bits per heavy atom. The van der Waals surface area contributed by atoms with Crippen molar-refractivity contribution in [1.82, 2.24) is 14.9 Å². The van der Waals surface area contributed by atoms with Gasteiger partial charge in [-0.2, -0.15) is 8.78 Å². The Hall–Kier alpha value is -1.21. The summed E-state index contributed by atoms with van der Waals surface area (Å²) in [7, 11) is -1.55. The van der Waals surface area contributed by atoms with Crippen LogP contribution in [0.5, 0.6) is 5.75 Å². The molecule has 1 fully saturated rings. The van der Waals surface area contributed by atoms with Gasteiger partial charge in [0.2, 0.25) is 10.0 Å². The van der Waals surface area contributed by atoms with Gasteiger partial charge in [0.15, 0.2) is 5.96 Å². The Bertz CT molecular complexity index is 704. The molecule has 1 saturated heterocycles. The molecule has 0 atom stereocenters. The lowest BCUT2D eigenvalue weighted by Crippen LogP contribution is -2.41. The van der Waals surface area contributed by atoms with Gasteiger partial charge in [-0.3, -0.25) is 4.99 Å². The average molecular weight is 504 g/mol. The van der Waals surface area contributed by atoms with Gasteiger partial charge in [-0.25, -0.2) is 12.7 Å². The molecular formula is C15H23F2IN4O3S. The van der Waals surface area contributed by atoms with E-state index in [9.17, 15) is 17.2 Å². The van der Waals surface area contributed by atoms with E-state index in [1.54, 1.807) is 25.2 Å². The van der Waals surface area contributed by atoms with Crippen molar-refractivity contribution in [3.63, 3.8) is 0 Å². The van der Waals surface area contributed by atoms with Gasteiger partial charge in [-0.1, -0.05) is 18.2 Å². The first kappa shape index (κ1) is 22.8. The van der Waals surface area contributed by atoms with E-state index < -0.39 is 16.6 Å². The molecule has 2 rings (SSSR count). The normalized spacial score (nSPS) is 17.0. The van der Waals surface area contributed by atoms with Crippen LogP contribution in [0.3, 0.4) is 0 Å². The molecule has 1 aliphatic heterocycles. The van der Waals surface area contributed by atoms with Crippen LogP contribution in [0.25, 0.3) is 0 Å². The van der Waals surface area contributed by atoms with Gasteiger partial charge < -0.3 is 15.4 Å². The van der Waals surface area contributed by atoms with Crippen molar-refractivity contribution < 1.29 is 21.9 Å². The minimum Gasteiger partial charge on any atom is -0.434 e. The van der Waals surface area contributed by atoms with Crippen molar-refractivity contribution in [3.8, 4) is 5.75 Å². The Kier molecular flexibility index (Phi) is 9.50. The van der Waals surface area contributed by atoms with E-state index in [-0.39, 0.29) is 42.0 Å². The summed E-state index contributed by atoms with van der Waals surface area (Å²) < 4.78 is 54.2. The first-order valence-electron chi connectivity index (χ1n) is 7.87. The minimum absolute atomic E-state index is 0. The van der Waals surface area contributed by atoms with Gasteiger partial charge in [0.25, 0.3) is 0 Å². The van der Waals surface area contributed by atoms with Crippen molar-refractivity contribution in [2.75, 3.05) is 32.4 Å². The van der Waals surface area contributed by atoms with Gasteiger partial charge in [0.05, 0.1) is 5.75 Å². The van der Waals surface area contributed by atoms with Crippen molar-refractivity contribution in [3.05, 3.63) is 29.8 Å². The topological polar surface area (TPSA) is 83.0 Å². The first-order valence-corrected chi connectivity index (χ1v) is 9.48. The molecule has 1 aliphatic rings. The SMILES string of the molecule is CN=C(NCCN1CCCS1(=O)=O)NCc1ccccc1OC(F)F.I. The van der Waals surface area contributed by atoms with E-state index in [1.807, 2.05) is 0 Å². The predicted octanol–water partition coefficient (Wildman–Crippen LogP) is 1.61. The number of rotatable bonds is 7. The molecule has 11 heteroatoms. The molecule has 0 radical (unpaired) electrons. The summed E-state index contributed by atoms with van der Waals surface area (Å²) in [5, 5.41) is 6.00. The summed E-state index contributed by atoms with van der Waals surface area (Å²) in [6, 6.07) is 6.49. The maximum atomic E-state index is 12.4. The number of guanidine groups is 1. The third kappa shape index (κ3) is 6.83. The molecule has 1 aromatic rings. The van der Waals surface area contributed by atoms with Crippen molar-refractivity contribution in [1.29, 1.82) is 0 Å². The lowest BCUT2D eigenvalue weighted by Gasteiger charge is -2.17. The van der Waals surface area contributed by atoms with Crippen LogP contribution in [-0.4, -0.2) is 57.7 Å². The van der Waals surface area contributed by atoms with Crippen molar-refractivity contribution >= 4 is 40.0 Å². The molecule has 1 aromatic carbocycles. The zero-order valence-corrected chi connectivity index (χ0v) is 17.5. The van der Waals surface area contributed by atoms with E-state index in [0.29, 0.717) is 37.6 Å². The third-order valence-corrected chi connectivity index (χ3v) is 5.67. The second-order valence-electron chi connectivity index (χ2n) is 5.41. The van der Waals surface area contributed by atoms with Crippen LogP contribution in [0, 0.1) is 0 Å². The van der Waals surface area contributed by atoms with E-state index >= 15 is 0 Å². The molecule has 7 nitrogen and oxygen atoms in total. The fourth-order valence-electron chi connectivity index (χ4n) is 2.50. The number of ether oxygens (including phenoxy) is 1. The highest BCUT2D eigenvalue weighted by Gasteiger charge is 2.27. The number of para-hydroxylation sites is 1. The number of sulfonamides is 1. The number of halogens is 3. The van der Waals surface area contributed by atoms with Crippen molar-refractivity contribution in [2.45, 2.75) is 19.6 Å². The third-order valence-electron chi connectivity index (χ3n) is 3.72. The standard InChI is InChI=1S/C15H22F2N4O3S.HI/c1-18-15(19-7-9-21-8-4-10-25(21,22)23)20-11-12-5-2-3-6-13(12)24-14(16)17;/h2-3,5-6,14H,4,7-11H2,1H3,(H2,18,19,20);1H. The van der Waals surface area contributed by atoms with Gasteiger partial charge in [0, 0.05) is 38.8 Å². The van der Waals surface area contributed by atoms with E-state index in [1.165, 1.54) is 10.4 Å². The largest absolute Gasteiger partial charge is 0.434 e. The molecule has 0 unspecified atom stereocenters. The van der Waals surface area contributed by atoms with E-state index in [2.05, 4.69) is 20.4 Å². The van der Waals surface area contributed by atoms with Crippen LogP contribution in [0.15, 0.2) is 29.3 Å². The van der Waals surface area contributed by atoms with E-state index in [0.717, 1.165) is 0 Å². The second kappa shape index (κ2) is 10.8. The van der Waals surface area contributed by atoms with Gasteiger partial charge >= 0.3 is 6.61 Å². The van der Waals surface area contributed by atoms with Crippen LogP contribution in [0.1, 0.15) is 12.0 Å². The molecule has 26 heavy (non-hydrogen) atoms. The fourth-order valence-corrected chi connectivity index (χ4v) is 4.03. The molecule has 0 amide bonds. The summed E-state index contributed by atoms with van der Waals surface area (Å²) in [6.07, 6.45) is 0.649. The lowest BCUT2D eigenvalue weighted by molar-refractivity contribution is -0.0504. The number of hydrogen-bond donors (Lipinski definition) is 2. The Balaban J connectivity index is 0.00000338. The van der Waals surface area contributed by atoms with Crippen LogP contribution in [-0.2, 0) is 16.6 Å². The highest BCUT2D eigenvalue weighted by atomic mass is 127. The summed E-state index contributed by atoms with van der Waals surface area (Å²) in [6.45, 7) is -1.36. The maximum Gasteiger partial charge on any atom is 0.387 e. The Morgan fingerprint density at radius 1 is 1.35 bits per heavy atom. The average Bonchev–Trinajstić information content (AvgIpc) is 2.90. The number of hydrogen-bond acceptors (Lipinski definition) is 4. The zero-order chi connectivity index (χ0) is 18.3. The summed E-state index contributed by atoms with van der Waals surface area (Å²) in [4.78, 5) is 4.03. The highest BCUT2D eigenvalue weighted by Crippen LogP contribution is 2.19. The molecule has 1 heterocycles. The van der Waals surface area contributed by atoms with Gasteiger partial charge in [-0.15, -0.1) is 24.0 Å². The van der Waals surface area contributed by atoms with Crippen molar-refractivity contribution in [2.24, 2.45) is 4.99 Å². The monoisotopic (exact) mass is 504 g/mol. The number of nitrogens with zero attached hydrogens (tertiary/aromatic N) is 2. The number of alkyl halides is 2. The molecule has 0 saturated carbocycles. The highest BCUT2D eigenvalue weighted by molar-refractivity contribution is 14.0. The van der Waals surface area contributed by atoms with Crippen LogP contribution in [0.2, 0.25) is 0 Å². The Morgan fingerprint density at radius 2 is 2.08 bits per heavy atom. The number of benzene rings is 1. The zero-order valence-electron chi connectivity index (χ0n) is 14.3. The first-order chi connectivity index (χ1) is 11.9. The molecular weight excluding hydrogens is 481 g/mol. The summed E-state index contributed by atoms with van der Waals surface area (Å²) in [5.41, 5.74) is 0.563. The quantitative estimate of drug-likeness (QED) is 0.335. The number of aliphatic imine (C=N–C) groups is 1. The van der Waals surface area contributed by atoms with Crippen LogP contribution < -0.4 is 15.4 Å². The molecule has 2 N–H and O–H groups in total. The van der Waals surface area contributed by atoms with Gasteiger partial charge in [0.1, 0.15) is 5.75 Å². The molecule has 0 aromatic heterocycles. The predicted molar refractivity (Wildman–Crippen MR) is 107 cm³/mol. The molecule has 0 spiro atoms. The van der Waals surface area contributed by atoms with Crippen LogP contribution >= 0.6 is 24.0 Å². The molecule has 148 valence electrons. The maximum absolute atomic E-state index is 12.4. The minimum atomic E-state index is -3.12. The van der Waals surface area contributed by atoms with E-state index in [4.69, 9.17) is 0 Å². The summed E-state index contributed by atoms with van der Waals surface area (Å²) >= 11 is 0. The fraction of sp³-hybridized carbons (Fsp3) is 0.533. The van der Waals surface area contributed by atoms with Crippen LogP contribution in [0.4, 0.5) is 8.78 Å². The Labute approximate surface area is 169 Å². The second-order valence-corrected chi connectivity index (χ2v) is 7.50. The summed E-state index contributed by atoms with van der Waals surface area (Å²) in [5.74, 6) is 0.744. The molecule has 0 bridgehead atoms. The molecule has 0 aliphatic carbocycles. The smallest absolute Gasteiger partial charge is 0.387 e.